The van der Waals surface area contributed by atoms with E-state index >= 15 is 0 Å². The van der Waals surface area contributed by atoms with Crippen LogP contribution in [0.15, 0.2) is 24.8 Å². The molecule has 0 spiro atoms. The molecule has 22 heavy (non-hydrogen) atoms. The largest absolute Gasteiger partial charge is 0.349 e. The van der Waals surface area contributed by atoms with Crippen molar-refractivity contribution in [1.29, 1.82) is 0 Å². The number of nitrogens with zero attached hydrogens (tertiary/aromatic N) is 4. The molecule has 1 N–H and O–H groups in total. The number of nitrogens with one attached hydrogen (secondary N) is 1. The lowest BCUT2D eigenvalue weighted by molar-refractivity contribution is -0.120. The van der Waals surface area contributed by atoms with Crippen LogP contribution in [-0.2, 0) is 11.2 Å². The van der Waals surface area contributed by atoms with Gasteiger partial charge in [-0.15, -0.1) is 0 Å². The van der Waals surface area contributed by atoms with E-state index in [0.717, 1.165) is 24.1 Å². The highest BCUT2D eigenvalue weighted by atomic mass is 16.1. The molecule has 1 aliphatic carbocycles. The first-order valence-electron chi connectivity index (χ1n) is 7.34. The molecule has 0 aromatic carbocycles. The standard InChI is InChI=1S/C16H19N5O/c1-10(22)20-12-6-16(2,3)7-13-11(12)8-19-15(21-13)14-9-17-4-5-18-14/h4-5,8-9,12H,6-7H2,1-3H3,(H,20,22)/t12-/m1/s1. The zero-order valence-corrected chi connectivity index (χ0v) is 13.0. The Kier molecular flexibility index (Phi) is 3.60. The second kappa shape index (κ2) is 5.44. The summed E-state index contributed by atoms with van der Waals surface area (Å²) in [5, 5.41) is 3.01. The van der Waals surface area contributed by atoms with Crippen molar-refractivity contribution in [3.63, 3.8) is 0 Å². The lowest BCUT2D eigenvalue weighted by Gasteiger charge is -2.36. The van der Waals surface area contributed by atoms with Crippen molar-refractivity contribution in [3.8, 4) is 11.5 Å². The van der Waals surface area contributed by atoms with Crippen LogP contribution in [-0.4, -0.2) is 25.8 Å². The number of rotatable bonds is 2. The van der Waals surface area contributed by atoms with Crippen LogP contribution < -0.4 is 5.32 Å². The molecule has 2 aromatic rings. The summed E-state index contributed by atoms with van der Waals surface area (Å²) < 4.78 is 0. The molecule has 0 unspecified atom stereocenters. The Morgan fingerprint density at radius 1 is 1.27 bits per heavy atom. The molecule has 1 atom stereocenters. The zero-order chi connectivity index (χ0) is 15.7. The first-order valence-corrected chi connectivity index (χ1v) is 7.34. The Balaban J connectivity index is 2.02. The molecule has 6 heteroatoms. The zero-order valence-electron chi connectivity index (χ0n) is 13.0. The van der Waals surface area contributed by atoms with E-state index < -0.39 is 0 Å². The molecular weight excluding hydrogens is 278 g/mol. The normalized spacial score (nSPS) is 19.3. The summed E-state index contributed by atoms with van der Waals surface area (Å²) in [6.07, 6.45) is 8.45. The average Bonchev–Trinajstić information content (AvgIpc) is 2.45. The predicted octanol–water partition coefficient (Wildman–Crippen LogP) is 2.08. The van der Waals surface area contributed by atoms with Crippen LogP contribution in [0.3, 0.4) is 0 Å². The van der Waals surface area contributed by atoms with Gasteiger partial charge in [0, 0.05) is 31.1 Å². The molecule has 2 heterocycles. The molecule has 3 rings (SSSR count). The van der Waals surface area contributed by atoms with Crippen molar-refractivity contribution in [2.45, 2.75) is 39.7 Å². The van der Waals surface area contributed by atoms with E-state index in [9.17, 15) is 4.79 Å². The fourth-order valence-electron chi connectivity index (χ4n) is 2.96. The first kappa shape index (κ1) is 14.6. The Bertz CT molecular complexity index is 699. The summed E-state index contributed by atoms with van der Waals surface area (Å²) in [5.74, 6) is 0.540. The number of carbonyl (C=O) groups is 1. The number of aromatic nitrogens is 4. The molecule has 114 valence electrons. The molecular formula is C16H19N5O. The Hall–Kier alpha value is -2.37. The SMILES string of the molecule is CC(=O)N[C@@H]1CC(C)(C)Cc2nc(-c3cnccn3)ncc21. The minimum atomic E-state index is -0.0355. The van der Waals surface area contributed by atoms with E-state index in [2.05, 4.69) is 39.1 Å². The van der Waals surface area contributed by atoms with Crippen LogP contribution in [0.4, 0.5) is 0 Å². The third-order valence-corrected chi connectivity index (χ3v) is 3.85. The summed E-state index contributed by atoms with van der Waals surface area (Å²) in [4.78, 5) is 28.8. The third-order valence-electron chi connectivity index (χ3n) is 3.85. The van der Waals surface area contributed by atoms with Crippen molar-refractivity contribution in [1.82, 2.24) is 25.3 Å². The smallest absolute Gasteiger partial charge is 0.217 e. The highest BCUT2D eigenvalue weighted by Gasteiger charge is 2.34. The number of carbonyl (C=O) groups excluding carboxylic acids is 1. The van der Waals surface area contributed by atoms with Gasteiger partial charge in [0.05, 0.1) is 17.9 Å². The van der Waals surface area contributed by atoms with Crippen molar-refractivity contribution in [3.05, 3.63) is 36.0 Å². The quantitative estimate of drug-likeness (QED) is 0.918. The fraction of sp³-hybridized carbons (Fsp3) is 0.438. The van der Waals surface area contributed by atoms with Gasteiger partial charge in [0.15, 0.2) is 5.82 Å². The van der Waals surface area contributed by atoms with E-state index in [-0.39, 0.29) is 17.4 Å². The van der Waals surface area contributed by atoms with E-state index in [1.807, 2.05) is 6.20 Å². The van der Waals surface area contributed by atoms with Crippen molar-refractivity contribution >= 4 is 5.91 Å². The second-order valence-electron chi connectivity index (χ2n) is 6.48. The first-order chi connectivity index (χ1) is 10.4. The summed E-state index contributed by atoms with van der Waals surface area (Å²) >= 11 is 0. The number of amides is 1. The topological polar surface area (TPSA) is 80.7 Å². The average molecular weight is 297 g/mol. The molecule has 6 nitrogen and oxygen atoms in total. The van der Waals surface area contributed by atoms with E-state index in [1.54, 1.807) is 18.6 Å². The molecule has 0 fully saturated rings. The van der Waals surface area contributed by atoms with Gasteiger partial charge in [-0.3, -0.25) is 9.78 Å². The summed E-state index contributed by atoms with van der Waals surface area (Å²) in [6, 6.07) is -0.0350. The second-order valence-corrected chi connectivity index (χ2v) is 6.48. The lowest BCUT2D eigenvalue weighted by atomic mass is 9.74. The van der Waals surface area contributed by atoms with Crippen molar-refractivity contribution < 1.29 is 4.79 Å². The van der Waals surface area contributed by atoms with Gasteiger partial charge in [-0.2, -0.15) is 0 Å². The minimum Gasteiger partial charge on any atom is -0.349 e. The van der Waals surface area contributed by atoms with Crippen LogP contribution in [0.1, 0.15) is 44.5 Å². The van der Waals surface area contributed by atoms with Gasteiger partial charge < -0.3 is 5.32 Å². The highest BCUT2D eigenvalue weighted by Crippen LogP contribution is 2.40. The molecule has 0 aliphatic heterocycles. The van der Waals surface area contributed by atoms with E-state index in [1.165, 1.54) is 6.92 Å². The van der Waals surface area contributed by atoms with Gasteiger partial charge in [-0.25, -0.2) is 15.0 Å². The van der Waals surface area contributed by atoms with Crippen LogP contribution in [0, 0.1) is 5.41 Å². The van der Waals surface area contributed by atoms with Crippen LogP contribution >= 0.6 is 0 Å². The maximum Gasteiger partial charge on any atom is 0.217 e. The monoisotopic (exact) mass is 297 g/mol. The molecule has 1 amide bonds. The highest BCUT2D eigenvalue weighted by molar-refractivity contribution is 5.73. The summed E-state index contributed by atoms with van der Waals surface area (Å²) in [7, 11) is 0. The lowest BCUT2D eigenvalue weighted by Crippen LogP contribution is -2.36. The maximum absolute atomic E-state index is 11.5. The number of hydrogen-bond acceptors (Lipinski definition) is 5. The molecule has 0 saturated carbocycles. The van der Waals surface area contributed by atoms with Crippen LogP contribution in [0.5, 0.6) is 0 Å². The molecule has 1 aliphatic rings. The van der Waals surface area contributed by atoms with Gasteiger partial charge in [0.1, 0.15) is 5.69 Å². The van der Waals surface area contributed by atoms with E-state index in [0.29, 0.717) is 11.5 Å². The van der Waals surface area contributed by atoms with Gasteiger partial charge in [-0.1, -0.05) is 13.8 Å². The Morgan fingerprint density at radius 2 is 2.09 bits per heavy atom. The maximum atomic E-state index is 11.5. The molecule has 0 bridgehead atoms. The number of fused-ring (bicyclic) bond motifs is 1. The fourth-order valence-corrected chi connectivity index (χ4v) is 2.96. The number of hydrogen-bond donors (Lipinski definition) is 1. The van der Waals surface area contributed by atoms with Crippen molar-refractivity contribution in [2.75, 3.05) is 0 Å². The van der Waals surface area contributed by atoms with Crippen LogP contribution in [0.25, 0.3) is 11.5 Å². The van der Waals surface area contributed by atoms with Gasteiger partial charge in [-0.05, 0) is 18.3 Å². The summed E-state index contributed by atoms with van der Waals surface area (Å²) in [5.41, 5.74) is 2.71. The summed E-state index contributed by atoms with van der Waals surface area (Å²) in [6.45, 7) is 5.92. The van der Waals surface area contributed by atoms with Gasteiger partial charge >= 0.3 is 0 Å². The van der Waals surface area contributed by atoms with E-state index in [4.69, 9.17) is 0 Å². The van der Waals surface area contributed by atoms with Crippen molar-refractivity contribution in [2.24, 2.45) is 5.41 Å². The van der Waals surface area contributed by atoms with Gasteiger partial charge in [0.25, 0.3) is 0 Å². The minimum absolute atomic E-state index is 0.0350. The van der Waals surface area contributed by atoms with Gasteiger partial charge in [0.2, 0.25) is 5.91 Å². The molecule has 0 radical (unpaired) electrons. The molecule has 2 aromatic heterocycles. The third kappa shape index (κ3) is 2.95. The Labute approximate surface area is 129 Å². The Morgan fingerprint density at radius 3 is 2.77 bits per heavy atom. The van der Waals surface area contributed by atoms with Crippen LogP contribution in [0.2, 0.25) is 0 Å². The molecule has 0 saturated heterocycles. The predicted molar refractivity (Wildman–Crippen MR) is 81.7 cm³/mol.